The van der Waals surface area contributed by atoms with E-state index >= 15 is 0 Å². The Morgan fingerprint density at radius 1 is 1.00 bits per heavy atom. The molecule has 5 rings (SSSR count). The second kappa shape index (κ2) is 9.75. The average molecular weight is 453 g/mol. The van der Waals surface area contributed by atoms with Crippen molar-refractivity contribution < 1.29 is 9.18 Å². The summed E-state index contributed by atoms with van der Waals surface area (Å²) >= 11 is 0. The van der Waals surface area contributed by atoms with Crippen LogP contribution in [0.1, 0.15) is 23.1 Å². The first-order chi connectivity index (χ1) is 16.7. The van der Waals surface area contributed by atoms with Gasteiger partial charge in [-0.3, -0.25) is 4.79 Å². The van der Waals surface area contributed by atoms with E-state index in [1.165, 1.54) is 12.1 Å². The second-order valence-corrected chi connectivity index (χ2v) is 8.36. The molecule has 0 bridgehead atoms. The highest BCUT2D eigenvalue weighted by atomic mass is 19.1. The normalized spacial score (nSPS) is 11.1. The number of fused-ring (bicyclic) bond motifs is 1. The molecule has 1 amide bonds. The Morgan fingerprint density at radius 2 is 1.82 bits per heavy atom. The Bertz CT molecular complexity index is 1400. The summed E-state index contributed by atoms with van der Waals surface area (Å²) in [6.45, 7) is 1.23. The van der Waals surface area contributed by atoms with E-state index in [-0.39, 0.29) is 11.7 Å². The van der Waals surface area contributed by atoms with Crippen LogP contribution >= 0.6 is 0 Å². The molecule has 170 valence electrons. The number of imidazole rings is 1. The van der Waals surface area contributed by atoms with Crippen LogP contribution in [-0.2, 0) is 24.3 Å². The highest BCUT2D eigenvalue weighted by molar-refractivity contribution is 5.91. The SMILES string of the molecule is O=C(CCc1c(-c2ccc(F)cc2)[nH]c2ccccc12)NCc1cccc(Cn2ccnc2)c1. The van der Waals surface area contributed by atoms with Gasteiger partial charge in [0.25, 0.3) is 0 Å². The molecule has 5 nitrogen and oxygen atoms in total. The van der Waals surface area contributed by atoms with E-state index < -0.39 is 0 Å². The van der Waals surface area contributed by atoms with Gasteiger partial charge in [0.2, 0.25) is 5.91 Å². The number of H-pyrrole nitrogens is 1. The molecule has 0 radical (unpaired) electrons. The fourth-order valence-electron chi connectivity index (χ4n) is 4.28. The van der Waals surface area contributed by atoms with E-state index in [2.05, 4.69) is 33.5 Å². The molecular formula is C28H25FN4O. The molecule has 5 aromatic rings. The lowest BCUT2D eigenvalue weighted by molar-refractivity contribution is -0.121. The van der Waals surface area contributed by atoms with Crippen LogP contribution in [0.15, 0.2) is 91.5 Å². The van der Waals surface area contributed by atoms with Crippen molar-refractivity contribution >= 4 is 16.8 Å². The summed E-state index contributed by atoms with van der Waals surface area (Å²) in [5.41, 5.74) is 6.13. The van der Waals surface area contributed by atoms with Gasteiger partial charge in [-0.15, -0.1) is 0 Å². The van der Waals surface area contributed by atoms with Crippen LogP contribution in [0.3, 0.4) is 0 Å². The summed E-state index contributed by atoms with van der Waals surface area (Å²) in [6.07, 6.45) is 6.44. The number of para-hydroxylation sites is 1. The molecule has 0 spiro atoms. The van der Waals surface area contributed by atoms with Crippen molar-refractivity contribution in [2.24, 2.45) is 0 Å². The lowest BCUT2D eigenvalue weighted by Crippen LogP contribution is -2.23. The van der Waals surface area contributed by atoms with Crippen LogP contribution in [0.4, 0.5) is 4.39 Å². The van der Waals surface area contributed by atoms with E-state index in [1.807, 2.05) is 41.1 Å². The van der Waals surface area contributed by atoms with Gasteiger partial charge in [0, 0.05) is 48.5 Å². The van der Waals surface area contributed by atoms with Crippen molar-refractivity contribution in [2.75, 3.05) is 0 Å². The number of carbonyl (C=O) groups is 1. The number of nitrogens with one attached hydrogen (secondary N) is 2. The number of aryl methyl sites for hydroxylation is 1. The Kier molecular flexibility index (Phi) is 6.21. The standard InChI is InChI=1S/C28H25FN4O/c29-23-10-8-22(9-11-23)28-25(24-6-1-2-7-26(24)32-28)12-13-27(34)31-17-20-4-3-5-21(16-20)18-33-15-14-30-19-33/h1-11,14-16,19,32H,12-13,17-18H2,(H,31,34). The smallest absolute Gasteiger partial charge is 0.220 e. The second-order valence-electron chi connectivity index (χ2n) is 8.36. The molecule has 34 heavy (non-hydrogen) atoms. The zero-order valence-corrected chi connectivity index (χ0v) is 18.7. The first-order valence-electron chi connectivity index (χ1n) is 11.3. The fraction of sp³-hybridized carbons (Fsp3) is 0.143. The van der Waals surface area contributed by atoms with Gasteiger partial charge in [0.05, 0.1) is 6.33 Å². The lowest BCUT2D eigenvalue weighted by Gasteiger charge is -2.09. The number of benzene rings is 3. The fourth-order valence-corrected chi connectivity index (χ4v) is 4.28. The number of amides is 1. The molecule has 0 unspecified atom stereocenters. The number of carbonyl (C=O) groups excluding carboxylic acids is 1. The van der Waals surface area contributed by atoms with Gasteiger partial charge >= 0.3 is 0 Å². The number of aromatic amines is 1. The average Bonchev–Trinajstić information content (AvgIpc) is 3.50. The number of rotatable bonds is 8. The Hall–Kier alpha value is -4.19. The van der Waals surface area contributed by atoms with Crippen LogP contribution in [-0.4, -0.2) is 20.4 Å². The van der Waals surface area contributed by atoms with Crippen molar-refractivity contribution in [2.45, 2.75) is 25.9 Å². The van der Waals surface area contributed by atoms with Gasteiger partial charge in [-0.1, -0.05) is 42.5 Å². The maximum absolute atomic E-state index is 13.4. The van der Waals surface area contributed by atoms with Gasteiger partial charge in [-0.2, -0.15) is 0 Å². The molecule has 2 aromatic heterocycles. The molecule has 3 aromatic carbocycles. The van der Waals surface area contributed by atoms with Gasteiger partial charge in [0.15, 0.2) is 0 Å². The third-order valence-electron chi connectivity index (χ3n) is 5.95. The largest absolute Gasteiger partial charge is 0.354 e. The van der Waals surface area contributed by atoms with E-state index in [4.69, 9.17) is 0 Å². The monoisotopic (exact) mass is 452 g/mol. The van der Waals surface area contributed by atoms with Crippen LogP contribution in [0.2, 0.25) is 0 Å². The number of nitrogens with zero attached hydrogens (tertiary/aromatic N) is 2. The van der Waals surface area contributed by atoms with Gasteiger partial charge < -0.3 is 14.9 Å². The van der Waals surface area contributed by atoms with E-state index in [0.29, 0.717) is 19.4 Å². The minimum Gasteiger partial charge on any atom is -0.354 e. The van der Waals surface area contributed by atoms with Crippen LogP contribution < -0.4 is 5.32 Å². The minimum absolute atomic E-state index is 0.00431. The summed E-state index contributed by atoms with van der Waals surface area (Å²) in [6, 6.07) is 22.7. The quantitative estimate of drug-likeness (QED) is 0.328. The molecule has 0 atom stereocenters. The zero-order chi connectivity index (χ0) is 23.3. The van der Waals surface area contributed by atoms with Gasteiger partial charge in [-0.05, 0) is 59.0 Å². The summed E-state index contributed by atoms with van der Waals surface area (Å²) in [5.74, 6) is -0.273. The van der Waals surface area contributed by atoms with E-state index in [9.17, 15) is 9.18 Å². The van der Waals surface area contributed by atoms with Gasteiger partial charge in [-0.25, -0.2) is 9.37 Å². The van der Waals surface area contributed by atoms with Crippen molar-refractivity contribution in [3.05, 3.63) is 114 Å². The van der Waals surface area contributed by atoms with Gasteiger partial charge in [0.1, 0.15) is 5.82 Å². The minimum atomic E-state index is -0.269. The first-order valence-corrected chi connectivity index (χ1v) is 11.3. The van der Waals surface area contributed by atoms with Crippen LogP contribution in [0, 0.1) is 5.82 Å². The molecule has 6 heteroatoms. The summed E-state index contributed by atoms with van der Waals surface area (Å²) in [7, 11) is 0. The number of aromatic nitrogens is 3. The highest BCUT2D eigenvalue weighted by Crippen LogP contribution is 2.31. The van der Waals surface area contributed by atoms with Crippen molar-refractivity contribution in [1.29, 1.82) is 0 Å². The van der Waals surface area contributed by atoms with Crippen LogP contribution in [0.25, 0.3) is 22.2 Å². The highest BCUT2D eigenvalue weighted by Gasteiger charge is 2.14. The molecular weight excluding hydrogens is 427 g/mol. The molecule has 0 aliphatic heterocycles. The Balaban J connectivity index is 1.26. The Morgan fingerprint density at radius 3 is 2.65 bits per heavy atom. The first kappa shape index (κ1) is 21.6. The molecule has 0 aliphatic carbocycles. The number of hydrogen-bond acceptors (Lipinski definition) is 2. The number of hydrogen-bond donors (Lipinski definition) is 2. The summed E-state index contributed by atoms with van der Waals surface area (Å²) in [5, 5.41) is 4.13. The van der Waals surface area contributed by atoms with Crippen molar-refractivity contribution in [3.63, 3.8) is 0 Å². The molecule has 2 N–H and O–H groups in total. The summed E-state index contributed by atoms with van der Waals surface area (Å²) < 4.78 is 15.4. The maximum Gasteiger partial charge on any atom is 0.220 e. The van der Waals surface area contributed by atoms with Crippen LogP contribution in [0.5, 0.6) is 0 Å². The third-order valence-corrected chi connectivity index (χ3v) is 5.95. The molecule has 0 saturated carbocycles. The topological polar surface area (TPSA) is 62.7 Å². The maximum atomic E-state index is 13.4. The summed E-state index contributed by atoms with van der Waals surface area (Å²) in [4.78, 5) is 20.2. The molecule has 0 aliphatic rings. The zero-order valence-electron chi connectivity index (χ0n) is 18.7. The van der Waals surface area contributed by atoms with E-state index in [1.54, 1.807) is 24.7 Å². The van der Waals surface area contributed by atoms with Crippen molar-refractivity contribution in [1.82, 2.24) is 19.9 Å². The lowest BCUT2D eigenvalue weighted by atomic mass is 10.0. The number of halogens is 1. The third kappa shape index (κ3) is 4.91. The molecule has 2 heterocycles. The van der Waals surface area contributed by atoms with E-state index in [0.717, 1.165) is 45.4 Å². The predicted octanol–water partition coefficient (Wildman–Crippen LogP) is 5.47. The van der Waals surface area contributed by atoms with Crippen molar-refractivity contribution in [3.8, 4) is 11.3 Å². The molecule has 0 saturated heterocycles. The predicted molar refractivity (Wildman–Crippen MR) is 132 cm³/mol. The Labute approximate surface area is 197 Å². The molecule has 0 fully saturated rings.